The zero-order valence-electron chi connectivity index (χ0n) is 16.0. The number of sulfonamides is 1. The first-order chi connectivity index (χ1) is 14.2. The molecule has 0 bridgehead atoms. The third-order valence-corrected chi connectivity index (χ3v) is 5.25. The Morgan fingerprint density at radius 2 is 1.80 bits per heavy atom. The Kier molecular flexibility index (Phi) is 6.30. The summed E-state index contributed by atoms with van der Waals surface area (Å²) in [5.41, 5.74) is 0.590. The van der Waals surface area contributed by atoms with Gasteiger partial charge in [-0.25, -0.2) is 17.9 Å². The van der Waals surface area contributed by atoms with Gasteiger partial charge < -0.3 is 9.84 Å². The molecule has 8 nitrogen and oxygen atoms in total. The van der Waals surface area contributed by atoms with Gasteiger partial charge in [0.25, 0.3) is 0 Å². The van der Waals surface area contributed by atoms with Crippen molar-refractivity contribution in [1.82, 2.24) is 9.78 Å². The molecule has 3 aromatic rings. The molecule has 1 atom stereocenters. The number of hydrogen-bond acceptors (Lipinski definition) is 6. The SMILES string of the molecule is C[C@H](CO)COc1c(-c2ccc(S(N)(=O)=O)cc2)cnn(-c2ccc(F)cc2)c1=O. The standard InChI is InChI=1S/C20H20FN3O5S/c1-13(11-25)12-29-19-18(14-2-8-17(9-3-14)30(22,27)28)10-23-24(20(19)26)16-6-4-15(21)5-7-16/h2-10,13,25H,11-12H2,1H3,(H2,22,27,28)/t13-/m1/s1. The van der Waals surface area contributed by atoms with E-state index >= 15 is 0 Å². The normalized spacial score (nSPS) is 12.5. The summed E-state index contributed by atoms with van der Waals surface area (Å²) in [5, 5.41) is 18.5. The molecule has 1 aromatic heterocycles. The highest BCUT2D eigenvalue weighted by Gasteiger charge is 2.18. The summed E-state index contributed by atoms with van der Waals surface area (Å²) in [7, 11) is -3.86. The molecule has 0 saturated heterocycles. The number of rotatable bonds is 7. The summed E-state index contributed by atoms with van der Waals surface area (Å²) in [5.74, 6) is -0.709. The van der Waals surface area contributed by atoms with Gasteiger partial charge in [0, 0.05) is 18.1 Å². The molecular formula is C20H20FN3O5S. The van der Waals surface area contributed by atoms with E-state index in [9.17, 15) is 22.7 Å². The molecule has 1 heterocycles. The molecule has 30 heavy (non-hydrogen) atoms. The van der Waals surface area contributed by atoms with Gasteiger partial charge in [0.1, 0.15) is 5.82 Å². The summed E-state index contributed by atoms with van der Waals surface area (Å²) < 4.78 is 43.0. The fourth-order valence-electron chi connectivity index (χ4n) is 2.65. The van der Waals surface area contributed by atoms with E-state index in [0.717, 1.165) is 4.68 Å². The summed E-state index contributed by atoms with van der Waals surface area (Å²) in [6, 6.07) is 10.8. The third kappa shape index (κ3) is 4.73. The number of nitrogens with two attached hydrogens (primary N) is 1. The zero-order valence-corrected chi connectivity index (χ0v) is 16.8. The first-order valence-corrected chi connectivity index (χ1v) is 10.5. The smallest absolute Gasteiger partial charge is 0.314 e. The van der Waals surface area contributed by atoms with Gasteiger partial charge in [-0.15, -0.1) is 0 Å². The van der Waals surface area contributed by atoms with Gasteiger partial charge in [-0.2, -0.15) is 9.78 Å². The van der Waals surface area contributed by atoms with Crippen LogP contribution in [0.1, 0.15) is 6.92 Å². The van der Waals surface area contributed by atoms with Gasteiger partial charge in [0.2, 0.25) is 10.0 Å². The molecule has 0 spiro atoms. The van der Waals surface area contributed by atoms with Crippen molar-refractivity contribution in [3.63, 3.8) is 0 Å². The van der Waals surface area contributed by atoms with Gasteiger partial charge in [-0.3, -0.25) is 4.79 Å². The van der Waals surface area contributed by atoms with Crippen LogP contribution in [0.15, 0.2) is 64.4 Å². The van der Waals surface area contributed by atoms with Gasteiger partial charge in [0.05, 0.1) is 23.4 Å². The van der Waals surface area contributed by atoms with Crippen LogP contribution in [0.4, 0.5) is 4.39 Å². The van der Waals surface area contributed by atoms with Crippen LogP contribution in [0.25, 0.3) is 16.8 Å². The fourth-order valence-corrected chi connectivity index (χ4v) is 3.17. The molecule has 0 aliphatic rings. The number of aromatic nitrogens is 2. The summed E-state index contributed by atoms with van der Waals surface area (Å²) >= 11 is 0. The van der Waals surface area contributed by atoms with Crippen molar-refractivity contribution in [3.05, 3.63) is 70.9 Å². The van der Waals surface area contributed by atoms with Crippen molar-refractivity contribution in [1.29, 1.82) is 0 Å². The van der Waals surface area contributed by atoms with E-state index in [-0.39, 0.29) is 29.8 Å². The molecule has 0 amide bonds. The molecule has 0 aliphatic carbocycles. The predicted molar refractivity (Wildman–Crippen MR) is 108 cm³/mol. The van der Waals surface area contributed by atoms with Crippen LogP contribution < -0.4 is 15.4 Å². The molecule has 0 unspecified atom stereocenters. The minimum atomic E-state index is -3.86. The minimum Gasteiger partial charge on any atom is -0.487 e. The molecule has 3 rings (SSSR count). The second-order valence-electron chi connectivity index (χ2n) is 6.75. The van der Waals surface area contributed by atoms with Crippen LogP contribution in [0.5, 0.6) is 5.75 Å². The molecule has 2 aromatic carbocycles. The first kappa shape index (κ1) is 21.6. The maximum atomic E-state index is 13.2. The first-order valence-electron chi connectivity index (χ1n) is 8.96. The predicted octanol–water partition coefficient (Wildman–Crippen LogP) is 1.69. The van der Waals surface area contributed by atoms with Crippen molar-refractivity contribution < 1.29 is 22.7 Å². The van der Waals surface area contributed by atoms with E-state index in [1.165, 1.54) is 54.7 Å². The van der Waals surface area contributed by atoms with E-state index in [0.29, 0.717) is 16.8 Å². The van der Waals surface area contributed by atoms with Crippen LogP contribution in [0, 0.1) is 11.7 Å². The Bertz CT molecular complexity index is 1190. The van der Waals surface area contributed by atoms with E-state index in [1.807, 2.05) is 0 Å². The summed E-state index contributed by atoms with van der Waals surface area (Å²) in [4.78, 5) is 13.0. The van der Waals surface area contributed by atoms with Gasteiger partial charge >= 0.3 is 5.56 Å². The monoisotopic (exact) mass is 433 g/mol. The maximum Gasteiger partial charge on any atom is 0.314 e. The van der Waals surface area contributed by atoms with Crippen LogP contribution in [-0.2, 0) is 10.0 Å². The molecule has 158 valence electrons. The van der Waals surface area contributed by atoms with Gasteiger partial charge in [0.15, 0.2) is 5.75 Å². The van der Waals surface area contributed by atoms with Crippen LogP contribution in [-0.4, -0.2) is 36.5 Å². The molecule has 0 fully saturated rings. The lowest BCUT2D eigenvalue weighted by Gasteiger charge is -2.15. The Hall–Kier alpha value is -3.08. The van der Waals surface area contributed by atoms with E-state index in [1.54, 1.807) is 6.92 Å². The Morgan fingerprint density at radius 1 is 1.17 bits per heavy atom. The van der Waals surface area contributed by atoms with Crippen molar-refractivity contribution in [3.8, 4) is 22.6 Å². The van der Waals surface area contributed by atoms with Crippen LogP contribution >= 0.6 is 0 Å². The van der Waals surface area contributed by atoms with Crippen molar-refractivity contribution in [2.24, 2.45) is 11.1 Å². The number of aliphatic hydroxyl groups excluding tert-OH is 1. The average molecular weight is 433 g/mol. The number of primary sulfonamides is 1. The second kappa shape index (κ2) is 8.74. The summed E-state index contributed by atoms with van der Waals surface area (Å²) in [6.45, 7) is 1.69. The number of aliphatic hydroxyl groups is 1. The zero-order chi connectivity index (χ0) is 21.9. The molecular weight excluding hydrogens is 413 g/mol. The third-order valence-electron chi connectivity index (χ3n) is 4.32. The number of benzene rings is 2. The molecule has 10 heteroatoms. The quantitative estimate of drug-likeness (QED) is 0.584. The number of ether oxygens (including phenoxy) is 1. The average Bonchev–Trinajstić information content (AvgIpc) is 2.72. The number of hydrogen-bond donors (Lipinski definition) is 2. The van der Waals surface area contributed by atoms with E-state index < -0.39 is 21.4 Å². The Morgan fingerprint density at radius 3 is 2.37 bits per heavy atom. The number of halogens is 1. The topological polar surface area (TPSA) is 125 Å². The largest absolute Gasteiger partial charge is 0.487 e. The lowest BCUT2D eigenvalue weighted by Crippen LogP contribution is -2.25. The lowest BCUT2D eigenvalue weighted by atomic mass is 10.1. The Labute approximate surface area is 172 Å². The van der Waals surface area contributed by atoms with Crippen molar-refractivity contribution in [2.45, 2.75) is 11.8 Å². The van der Waals surface area contributed by atoms with Gasteiger partial charge in [-0.05, 0) is 42.0 Å². The maximum absolute atomic E-state index is 13.2. The molecule has 0 aliphatic heterocycles. The Balaban J connectivity index is 2.11. The highest BCUT2D eigenvalue weighted by molar-refractivity contribution is 7.89. The second-order valence-corrected chi connectivity index (χ2v) is 8.31. The summed E-state index contributed by atoms with van der Waals surface area (Å²) in [6.07, 6.45) is 1.40. The number of nitrogens with zero attached hydrogens (tertiary/aromatic N) is 2. The van der Waals surface area contributed by atoms with Crippen LogP contribution in [0.3, 0.4) is 0 Å². The van der Waals surface area contributed by atoms with E-state index in [2.05, 4.69) is 5.10 Å². The molecule has 3 N–H and O–H groups in total. The molecule has 0 radical (unpaired) electrons. The lowest BCUT2D eigenvalue weighted by molar-refractivity contribution is 0.173. The van der Waals surface area contributed by atoms with Gasteiger partial charge in [-0.1, -0.05) is 19.1 Å². The fraction of sp³-hybridized carbons (Fsp3) is 0.200. The van der Waals surface area contributed by atoms with Crippen molar-refractivity contribution in [2.75, 3.05) is 13.2 Å². The molecule has 0 saturated carbocycles. The highest BCUT2D eigenvalue weighted by Crippen LogP contribution is 2.28. The van der Waals surface area contributed by atoms with Crippen LogP contribution in [0.2, 0.25) is 0 Å². The minimum absolute atomic E-state index is 0.0296. The van der Waals surface area contributed by atoms with E-state index in [4.69, 9.17) is 9.88 Å². The van der Waals surface area contributed by atoms with Crippen molar-refractivity contribution >= 4 is 10.0 Å². The highest BCUT2D eigenvalue weighted by atomic mass is 32.2.